The molecule has 2 aliphatic rings. The maximum absolute atomic E-state index is 5.95. The Morgan fingerprint density at radius 2 is 2.29 bits per heavy atom. The lowest BCUT2D eigenvalue weighted by molar-refractivity contribution is 0.0439. The molecule has 0 bridgehead atoms. The van der Waals surface area contributed by atoms with Gasteiger partial charge in [0.05, 0.1) is 6.10 Å². The third kappa shape index (κ3) is 4.17. The SMILES string of the molecule is CCCOC1CCCN(c2ncccc2CNC2CC2)C1. The molecule has 1 aromatic heterocycles. The van der Waals surface area contributed by atoms with Gasteiger partial charge in [-0.1, -0.05) is 13.0 Å². The van der Waals surface area contributed by atoms with Gasteiger partial charge >= 0.3 is 0 Å². The van der Waals surface area contributed by atoms with E-state index in [2.05, 4.69) is 28.2 Å². The summed E-state index contributed by atoms with van der Waals surface area (Å²) in [5, 5.41) is 3.60. The number of ether oxygens (including phenoxy) is 1. The Balaban J connectivity index is 1.63. The average molecular weight is 289 g/mol. The van der Waals surface area contributed by atoms with Crippen LogP contribution in [0.1, 0.15) is 44.6 Å². The van der Waals surface area contributed by atoms with Crippen molar-refractivity contribution in [1.82, 2.24) is 10.3 Å². The third-order valence-electron chi connectivity index (χ3n) is 4.26. The van der Waals surface area contributed by atoms with Crippen LogP contribution in [0.15, 0.2) is 18.3 Å². The molecule has 1 atom stereocenters. The molecule has 1 aromatic rings. The molecule has 0 amide bonds. The second kappa shape index (κ2) is 7.23. The van der Waals surface area contributed by atoms with E-state index in [4.69, 9.17) is 4.74 Å². The average Bonchev–Trinajstić information content (AvgIpc) is 3.36. The summed E-state index contributed by atoms with van der Waals surface area (Å²) in [7, 11) is 0. The van der Waals surface area contributed by atoms with Gasteiger partial charge in [0, 0.05) is 44.0 Å². The molecule has 2 fully saturated rings. The minimum Gasteiger partial charge on any atom is -0.376 e. The van der Waals surface area contributed by atoms with E-state index < -0.39 is 0 Å². The summed E-state index contributed by atoms with van der Waals surface area (Å²) in [6.45, 7) is 6.05. The van der Waals surface area contributed by atoms with Gasteiger partial charge in [0.15, 0.2) is 0 Å². The fraction of sp³-hybridized carbons (Fsp3) is 0.706. The molecular formula is C17H27N3O. The van der Waals surface area contributed by atoms with E-state index in [0.29, 0.717) is 6.10 Å². The number of hydrogen-bond donors (Lipinski definition) is 1. The molecule has 4 heteroatoms. The van der Waals surface area contributed by atoms with Crippen LogP contribution in [0.3, 0.4) is 0 Å². The molecule has 1 saturated heterocycles. The summed E-state index contributed by atoms with van der Waals surface area (Å²) < 4.78 is 5.95. The summed E-state index contributed by atoms with van der Waals surface area (Å²) >= 11 is 0. The molecule has 0 aromatic carbocycles. The molecule has 0 spiro atoms. The van der Waals surface area contributed by atoms with Crippen molar-refractivity contribution in [2.24, 2.45) is 0 Å². The van der Waals surface area contributed by atoms with E-state index >= 15 is 0 Å². The van der Waals surface area contributed by atoms with Crippen LogP contribution in [0.2, 0.25) is 0 Å². The molecule has 1 saturated carbocycles. The topological polar surface area (TPSA) is 37.4 Å². The van der Waals surface area contributed by atoms with Gasteiger partial charge < -0.3 is 15.0 Å². The number of hydrogen-bond acceptors (Lipinski definition) is 4. The molecule has 1 aliphatic heterocycles. The first-order valence-electron chi connectivity index (χ1n) is 8.40. The quantitative estimate of drug-likeness (QED) is 0.837. The Morgan fingerprint density at radius 1 is 1.38 bits per heavy atom. The monoisotopic (exact) mass is 289 g/mol. The van der Waals surface area contributed by atoms with Crippen LogP contribution < -0.4 is 10.2 Å². The highest BCUT2D eigenvalue weighted by Crippen LogP contribution is 2.25. The Labute approximate surface area is 127 Å². The lowest BCUT2D eigenvalue weighted by Crippen LogP contribution is -2.41. The van der Waals surface area contributed by atoms with Crippen molar-refractivity contribution >= 4 is 5.82 Å². The van der Waals surface area contributed by atoms with Crippen molar-refractivity contribution in [3.05, 3.63) is 23.9 Å². The normalized spacial score (nSPS) is 22.5. The highest BCUT2D eigenvalue weighted by atomic mass is 16.5. The third-order valence-corrected chi connectivity index (χ3v) is 4.26. The highest BCUT2D eigenvalue weighted by Gasteiger charge is 2.24. The number of rotatable bonds is 7. The zero-order chi connectivity index (χ0) is 14.5. The fourth-order valence-electron chi connectivity index (χ4n) is 2.95. The van der Waals surface area contributed by atoms with Crippen LogP contribution in [0.25, 0.3) is 0 Å². The van der Waals surface area contributed by atoms with Crippen LogP contribution in [-0.4, -0.2) is 36.8 Å². The molecule has 3 rings (SSSR count). The Morgan fingerprint density at radius 3 is 3.10 bits per heavy atom. The minimum absolute atomic E-state index is 0.366. The summed E-state index contributed by atoms with van der Waals surface area (Å²) in [6, 6.07) is 4.98. The molecule has 116 valence electrons. The van der Waals surface area contributed by atoms with Crippen LogP contribution >= 0.6 is 0 Å². The van der Waals surface area contributed by atoms with Gasteiger partial charge in [0.25, 0.3) is 0 Å². The van der Waals surface area contributed by atoms with Gasteiger partial charge in [-0.05, 0) is 38.2 Å². The first-order valence-corrected chi connectivity index (χ1v) is 8.40. The fourth-order valence-corrected chi connectivity index (χ4v) is 2.95. The number of anilines is 1. The molecule has 0 radical (unpaired) electrons. The maximum Gasteiger partial charge on any atom is 0.133 e. The van der Waals surface area contributed by atoms with E-state index in [1.807, 2.05) is 12.3 Å². The Bertz CT molecular complexity index is 447. The minimum atomic E-state index is 0.366. The Hall–Kier alpha value is -1.13. The zero-order valence-corrected chi connectivity index (χ0v) is 13.1. The van der Waals surface area contributed by atoms with Crippen LogP contribution in [-0.2, 0) is 11.3 Å². The summed E-state index contributed by atoms with van der Waals surface area (Å²) in [5.41, 5.74) is 1.32. The van der Waals surface area contributed by atoms with Gasteiger partial charge in [-0.15, -0.1) is 0 Å². The molecule has 1 aliphatic carbocycles. The molecule has 1 unspecified atom stereocenters. The number of nitrogens with zero attached hydrogens (tertiary/aromatic N) is 2. The predicted octanol–water partition coefficient (Wildman–Crippen LogP) is 2.73. The van der Waals surface area contributed by atoms with Gasteiger partial charge in [0.2, 0.25) is 0 Å². The molecular weight excluding hydrogens is 262 g/mol. The first kappa shape index (κ1) is 14.8. The Kier molecular flexibility index (Phi) is 5.09. The van der Waals surface area contributed by atoms with Crippen molar-refractivity contribution < 1.29 is 4.74 Å². The maximum atomic E-state index is 5.95. The van der Waals surface area contributed by atoms with Gasteiger partial charge in [-0.3, -0.25) is 0 Å². The smallest absolute Gasteiger partial charge is 0.133 e. The number of aromatic nitrogens is 1. The van der Waals surface area contributed by atoms with Crippen LogP contribution in [0.4, 0.5) is 5.82 Å². The van der Waals surface area contributed by atoms with Crippen molar-refractivity contribution in [2.75, 3.05) is 24.6 Å². The van der Waals surface area contributed by atoms with E-state index in [1.165, 1.54) is 31.2 Å². The first-order chi connectivity index (χ1) is 10.4. The number of pyridine rings is 1. The summed E-state index contributed by atoms with van der Waals surface area (Å²) in [6.07, 6.45) is 8.39. The van der Waals surface area contributed by atoms with Crippen molar-refractivity contribution in [3.8, 4) is 0 Å². The second-order valence-corrected chi connectivity index (χ2v) is 6.22. The number of nitrogens with one attached hydrogen (secondary N) is 1. The lowest BCUT2D eigenvalue weighted by Gasteiger charge is -2.34. The van der Waals surface area contributed by atoms with Crippen LogP contribution in [0, 0.1) is 0 Å². The lowest BCUT2D eigenvalue weighted by atomic mass is 10.1. The molecule has 1 N–H and O–H groups in total. The second-order valence-electron chi connectivity index (χ2n) is 6.22. The van der Waals surface area contributed by atoms with E-state index in [9.17, 15) is 0 Å². The predicted molar refractivity (Wildman–Crippen MR) is 85.6 cm³/mol. The summed E-state index contributed by atoms with van der Waals surface area (Å²) in [4.78, 5) is 7.06. The van der Waals surface area contributed by atoms with Gasteiger partial charge in [-0.2, -0.15) is 0 Å². The largest absolute Gasteiger partial charge is 0.376 e. The standard InChI is InChI=1S/C17H27N3O/c1-2-11-21-16-6-4-10-20(13-16)17-14(5-3-9-18-17)12-19-15-7-8-15/h3,5,9,15-16,19H,2,4,6-8,10-13H2,1H3. The molecule has 2 heterocycles. The van der Waals surface area contributed by atoms with Crippen molar-refractivity contribution in [2.45, 2.75) is 57.7 Å². The van der Waals surface area contributed by atoms with Crippen LogP contribution in [0.5, 0.6) is 0 Å². The zero-order valence-electron chi connectivity index (χ0n) is 13.1. The molecule has 4 nitrogen and oxygen atoms in total. The van der Waals surface area contributed by atoms with E-state index in [-0.39, 0.29) is 0 Å². The highest BCUT2D eigenvalue weighted by molar-refractivity contribution is 5.47. The van der Waals surface area contributed by atoms with Gasteiger partial charge in [-0.25, -0.2) is 4.98 Å². The summed E-state index contributed by atoms with van der Waals surface area (Å²) in [5.74, 6) is 1.15. The molecule has 21 heavy (non-hydrogen) atoms. The van der Waals surface area contributed by atoms with Gasteiger partial charge in [0.1, 0.15) is 5.82 Å². The number of piperidine rings is 1. The van der Waals surface area contributed by atoms with E-state index in [1.54, 1.807) is 0 Å². The van der Waals surface area contributed by atoms with E-state index in [0.717, 1.165) is 44.5 Å². The van der Waals surface area contributed by atoms with Crippen molar-refractivity contribution in [1.29, 1.82) is 0 Å². The van der Waals surface area contributed by atoms with Crippen molar-refractivity contribution in [3.63, 3.8) is 0 Å².